The third-order valence-corrected chi connectivity index (χ3v) is 2.94. The van der Waals surface area contributed by atoms with Crippen LogP contribution in [0, 0.1) is 25.5 Å². The fraction of sp³-hybridized carbons (Fsp3) is 0.133. The molecule has 0 saturated heterocycles. The van der Waals surface area contributed by atoms with Crippen molar-refractivity contribution in [3.8, 4) is 0 Å². The topological polar surface area (TPSA) is 29.1 Å². The highest BCUT2D eigenvalue weighted by atomic mass is 19.1. The molecule has 2 aromatic rings. The van der Waals surface area contributed by atoms with E-state index >= 15 is 0 Å². The first-order valence-electron chi connectivity index (χ1n) is 5.81. The summed E-state index contributed by atoms with van der Waals surface area (Å²) in [5, 5.41) is 2.59. The summed E-state index contributed by atoms with van der Waals surface area (Å²) >= 11 is 0. The minimum Gasteiger partial charge on any atom is -0.322 e. The summed E-state index contributed by atoms with van der Waals surface area (Å²) < 4.78 is 26.2. The fourth-order valence-electron chi connectivity index (χ4n) is 1.69. The Bertz CT molecular complexity index is 638. The van der Waals surface area contributed by atoms with Crippen molar-refractivity contribution < 1.29 is 13.6 Å². The summed E-state index contributed by atoms with van der Waals surface area (Å²) in [7, 11) is 0. The van der Waals surface area contributed by atoms with Crippen molar-refractivity contribution in [2.75, 3.05) is 5.32 Å². The Morgan fingerprint density at radius 1 is 1.00 bits per heavy atom. The highest BCUT2D eigenvalue weighted by Crippen LogP contribution is 2.16. The van der Waals surface area contributed by atoms with E-state index in [0.29, 0.717) is 11.8 Å². The third kappa shape index (κ3) is 2.96. The zero-order chi connectivity index (χ0) is 14.0. The van der Waals surface area contributed by atoms with Gasteiger partial charge in [-0.1, -0.05) is 6.07 Å². The lowest BCUT2D eigenvalue weighted by atomic mass is 10.1. The van der Waals surface area contributed by atoms with Gasteiger partial charge in [-0.2, -0.15) is 0 Å². The SMILES string of the molecule is Cc1ccc(NC(=O)c2ccc(F)cc2F)cc1C. The Balaban J connectivity index is 2.23. The molecule has 2 nitrogen and oxygen atoms in total. The van der Waals surface area contributed by atoms with Gasteiger partial charge in [0.15, 0.2) is 0 Å². The monoisotopic (exact) mass is 261 g/mol. The van der Waals surface area contributed by atoms with Crippen LogP contribution in [0.2, 0.25) is 0 Å². The predicted octanol–water partition coefficient (Wildman–Crippen LogP) is 3.83. The summed E-state index contributed by atoms with van der Waals surface area (Å²) in [6.07, 6.45) is 0. The number of hydrogen-bond acceptors (Lipinski definition) is 1. The Labute approximate surface area is 110 Å². The van der Waals surface area contributed by atoms with Crippen molar-refractivity contribution in [2.45, 2.75) is 13.8 Å². The number of amides is 1. The van der Waals surface area contributed by atoms with Crippen LogP contribution in [-0.4, -0.2) is 5.91 Å². The van der Waals surface area contributed by atoms with Gasteiger partial charge < -0.3 is 5.32 Å². The lowest BCUT2D eigenvalue weighted by Gasteiger charge is -2.08. The Hall–Kier alpha value is -2.23. The van der Waals surface area contributed by atoms with Crippen molar-refractivity contribution >= 4 is 11.6 Å². The quantitative estimate of drug-likeness (QED) is 0.874. The van der Waals surface area contributed by atoms with Gasteiger partial charge in [-0.05, 0) is 49.2 Å². The minimum atomic E-state index is -0.874. The van der Waals surface area contributed by atoms with Crippen LogP contribution in [0.1, 0.15) is 21.5 Å². The number of anilines is 1. The number of carbonyl (C=O) groups excluding carboxylic acids is 1. The zero-order valence-corrected chi connectivity index (χ0v) is 10.6. The van der Waals surface area contributed by atoms with Crippen LogP contribution in [0.3, 0.4) is 0 Å². The van der Waals surface area contributed by atoms with Gasteiger partial charge in [0.05, 0.1) is 5.56 Å². The van der Waals surface area contributed by atoms with E-state index in [2.05, 4.69) is 5.32 Å². The van der Waals surface area contributed by atoms with Gasteiger partial charge in [0.1, 0.15) is 11.6 Å². The molecule has 98 valence electrons. The number of rotatable bonds is 2. The molecule has 4 heteroatoms. The molecule has 0 unspecified atom stereocenters. The molecule has 0 aliphatic carbocycles. The fourth-order valence-corrected chi connectivity index (χ4v) is 1.69. The van der Waals surface area contributed by atoms with Gasteiger partial charge in [-0.3, -0.25) is 4.79 Å². The molecule has 1 amide bonds. The summed E-state index contributed by atoms with van der Waals surface area (Å²) in [6, 6.07) is 8.27. The zero-order valence-electron chi connectivity index (χ0n) is 10.6. The van der Waals surface area contributed by atoms with Crippen LogP contribution in [-0.2, 0) is 0 Å². The molecule has 0 atom stereocenters. The maximum absolute atomic E-state index is 13.4. The summed E-state index contributed by atoms with van der Waals surface area (Å²) in [4.78, 5) is 11.9. The van der Waals surface area contributed by atoms with E-state index in [1.165, 1.54) is 0 Å². The number of benzene rings is 2. The van der Waals surface area contributed by atoms with E-state index < -0.39 is 17.5 Å². The first-order valence-corrected chi connectivity index (χ1v) is 5.81. The highest BCUT2D eigenvalue weighted by Gasteiger charge is 2.12. The van der Waals surface area contributed by atoms with Crippen LogP contribution in [0.4, 0.5) is 14.5 Å². The van der Waals surface area contributed by atoms with E-state index in [1.807, 2.05) is 19.9 Å². The lowest BCUT2D eigenvalue weighted by molar-refractivity contribution is 0.102. The molecule has 0 aliphatic heterocycles. The van der Waals surface area contributed by atoms with E-state index in [9.17, 15) is 13.6 Å². The Kier molecular flexibility index (Phi) is 3.60. The summed E-state index contributed by atoms with van der Waals surface area (Å²) in [5.74, 6) is -2.18. The number of nitrogens with one attached hydrogen (secondary N) is 1. The third-order valence-electron chi connectivity index (χ3n) is 2.94. The number of halogens is 2. The van der Waals surface area contributed by atoms with Crippen molar-refractivity contribution in [1.82, 2.24) is 0 Å². The second-order valence-corrected chi connectivity index (χ2v) is 4.38. The van der Waals surface area contributed by atoms with Gasteiger partial charge in [-0.25, -0.2) is 8.78 Å². The molecule has 1 N–H and O–H groups in total. The molecule has 0 heterocycles. The van der Waals surface area contributed by atoms with Crippen molar-refractivity contribution in [3.05, 3.63) is 64.7 Å². The molecule has 2 rings (SSSR count). The van der Waals surface area contributed by atoms with Gasteiger partial charge in [-0.15, -0.1) is 0 Å². The van der Waals surface area contributed by atoms with Crippen molar-refractivity contribution in [1.29, 1.82) is 0 Å². The molecule has 0 saturated carbocycles. The van der Waals surface area contributed by atoms with Crippen LogP contribution in [0.15, 0.2) is 36.4 Å². The normalized spacial score (nSPS) is 10.3. The second-order valence-electron chi connectivity index (χ2n) is 4.38. The van der Waals surface area contributed by atoms with Crippen LogP contribution >= 0.6 is 0 Å². The van der Waals surface area contributed by atoms with Crippen LogP contribution in [0.5, 0.6) is 0 Å². The first kappa shape index (κ1) is 13.2. The average molecular weight is 261 g/mol. The van der Waals surface area contributed by atoms with Gasteiger partial charge in [0.25, 0.3) is 5.91 Å². The molecular formula is C15H13F2NO. The van der Waals surface area contributed by atoms with Gasteiger partial charge >= 0.3 is 0 Å². The standard InChI is InChI=1S/C15H13F2NO/c1-9-3-5-12(7-10(9)2)18-15(19)13-6-4-11(16)8-14(13)17/h3-8H,1-2H3,(H,18,19). The molecule has 0 radical (unpaired) electrons. The smallest absolute Gasteiger partial charge is 0.258 e. The van der Waals surface area contributed by atoms with E-state index in [4.69, 9.17) is 0 Å². The molecule has 0 aromatic heterocycles. The molecular weight excluding hydrogens is 248 g/mol. The Morgan fingerprint density at radius 3 is 2.37 bits per heavy atom. The maximum atomic E-state index is 13.4. The minimum absolute atomic E-state index is 0.181. The molecule has 0 fully saturated rings. The number of aryl methyl sites for hydroxylation is 2. The second kappa shape index (κ2) is 5.18. The Morgan fingerprint density at radius 2 is 1.74 bits per heavy atom. The largest absolute Gasteiger partial charge is 0.322 e. The highest BCUT2D eigenvalue weighted by molar-refractivity contribution is 6.04. The summed E-state index contributed by atoms with van der Waals surface area (Å²) in [6.45, 7) is 3.88. The molecule has 0 aliphatic rings. The van der Waals surface area contributed by atoms with E-state index in [-0.39, 0.29) is 5.56 Å². The van der Waals surface area contributed by atoms with Crippen molar-refractivity contribution in [2.24, 2.45) is 0 Å². The number of hydrogen-bond donors (Lipinski definition) is 1. The first-order chi connectivity index (χ1) is 8.97. The summed E-state index contributed by atoms with van der Waals surface area (Å²) in [5.41, 5.74) is 2.53. The molecule has 0 spiro atoms. The molecule has 0 bridgehead atoms. The lowest BCUT2D eigenvalue weighted by Crippen LogP contribution is -2.14. The maximum Gasteiger partial charge on any atom is 0.258 e. The molecule has 19 heavy (non-hydrogen) atoms. The van der Waals surface area contributed by atoms with E-state index in [0.717, 1.165) is 23.3 Å². The molecule has 2 aromatic carbocycles. The van der Waals surface area contributed by atoms with Crippen LogP contribution in [0.25, 0.3) is 0 Å². The van der Waals surface area contributed by atoms with Gasteiger partial charge in [0, 0.05) is 11.8 Å². The van der Waals surface area contributed by atoms with E-state index in [1.54, 1.807) is 12.1 Å². The van der Waals surface area contributed by atoms with Gasteiger partial charge in [0.2, 0.25) is 0 Å². The van der Waals surface area contributed by atoms with Crippen molar-refractivity contribution in [3.63, 3.8) is 0 Å². The number of carbonyl (C=O) groups is 1. The van der Waals surface area contributed by atoms with Crippen LogP contribution < -0.4 is 5.32 Å². The predicted molar refractivity (Wildman–Crippen MR) is 70.2 cm³/mol. The average Bonchev–Trinajstić information content (AvgIpc) is 2.33.